The first kappa shape index (κ1) is 14.0. The van der Waals surface area contributed by atoms with Crippen molar-refractivity contribution < 1.29 is 9.53 Å². The van der Waals surface area contributed by atoms with Crippen molar-refractivity contribution in [2.45, 2.75) is 13.1 Å². The van der Waals surface area contributed by atoms with E-state index < -0.39 is 5.91 Å². The van der Waals surface area contributed by atoms with Crippen molar-refractivity contribution in [2.24, 2.45) is 5.73 Å². The maximum atomic E-state index is 10.6. The minimum absolute atomic E-state index is 0.107. The van der Waals surface area contributed by atoms with Crippen LogP contribution in [0.3, 0.4) is 0 Å². The normalized spacial score (nSPS) is 10.2. The molecule has 0 fully saturated rings. The third-order valence-corrected chi connectivity index (χ3v) is 2.57. The molecule has 1 aromatic heterocycles. The number of amides is 1. The van der Waals surface area contributed by atoms with Crippen LogP contribution in [0, 0.1) is 0 Å². The molecule has 0 spiro atoms. The lowest BCUT2D eigenvalue weighted by atomic mass is 10.2. The molecule has 20 heavy (non-hydrogen) atoms. The Labute approximate surface area is 117 Å². The highest BCUT2D eigenvalue weighted by Crippen LogP contribution is 2.11. The van der Waals surface area contributed by atoms with Crippen LogP contribution < -0.4 is 15.8 Å². The van der Waals surface area contributed by atoms with Gasteiger partial charge in [-0.25, -0.2) is 0 Å². The highest BCUT2D eigenvalue weighted by Gasteiger charge is 1.99. The molecule has 6 heteroatoms. The van der Waals surface area contributed by atoms with Crippen molar-refractivity contribution in [3.8, 4) is 5.75 Å². The standard InChI is InChI=1S/C14H16N4O2/c15-14(19)10-20-13-5-3-11(4-6-13)8-16-9-12-2-1-7-17-18-12/h1-7,16H,8-10H2,(H2,15,19). The van der Waals surface area contributed by atoms with Crippen LogP contribution >= 0.6 is 0 Å². The number of nitrogens with two attached hydrogens (primary N) is 1. The van der Waals surface area contributed by atoms with E-state index in [1.54, 1.807) is 6.20 Å². The summed E-state index contributed by atoms with van der Waals surface area (Å²) in [7, 11) is 0. The first-order valence-corrected chi connectivity index (χ1v) is 6.21. The molecule has 0 bridgehead atoms. The lowest BCUT2D eigenvalue weighted by molar-refractivity contribution is -0.119. The smallest absolute Gasteiger partial charge is 0.255 e. The van der Waals surface area contributed by atoms with E-state index in [2.05, 4.69) is 15.5 Å². The van der Waals surface area contributed by atoms with Gasteiger partial charge in [0.2, 0.25) is 0 Å². The zero-order valence-corrected chi connectivity index (χ0v) is 11.0. The van der Waals surface area contributed by atoms with Crippen molar-refractivity contribution >= 4 is 5.91 Å². The summed E-state index contributed by atoms with van der Waals surface area (Å²) in [5.74, 6) is 0.140. The monoisotopic (exact) mass is 272 g/mol. The molecule has 1 amide bonds. The van der Waals surface area contributed by atoms with E-state index in [-0.39, 0.29) is 6.61 Å². The highest BCUT2D eigenvalue weighted by molar-refractivity contribution is 5.75. The molecule has 3 N–H and O–H groups in total. The lowest BCUT2D eigenvalue weighted by Crippen LogP contribution is -2.20. The second kappa shape index (κ2) is 7.20. The molecule has 0 saturated carbocycles. The predicted molar refractivity (Wildman–Crippen MR) is 73.7 cm³/mol. The van der Waals surface area contributed by atoms with Gasteiger partial charge in [-0.1, -0.05) is 12.1 Å². The van der Waals surface area contributed by atoms with Crippen molar-refractivity contribution in [2.75, 3.05) is 6.61 Å². The van der Waals surface area contributed by atoms with E-state index in [0.29, 0.717) is 18.8 Å². The second-order valence-corrected chi connectivity index (χ2v) is 4.22. The Morgan fingerprint density at radius 1 is 1.20 bits per heavy atom. The molecule has 0 atom stereocenters. The first-order valence-electron chi connectivity index (χ1n) is 6.21. The number of benzene rings is 1. The van der Waals surface area contributed by atoms with Gasteiger partial charge in [0.25, 0.3) is 5.91 Å². The van der Waals surface area contributed by atoms with Crippen molar-refractivity contribution in [1.29, 1.82) is 0 Å². The van der Waals surface area contributed by atoms with Crippen LogP contribution in [0.5, 0.6) is 5.75 Å². The molecule has 1 aromatic carbocycles. The SMILES string of the molecule is NC(=O)COc1ccc(CNCc2cccnn2)cc1. The minimum atomic E-state index is -0.486. The molecule has 104 valence electrons. The van der Waals surface area contributed by atoms with E-state index >= 15 is 0 Å². The van der Waals surface area contributed by atoms with Gasteiger partial charge < -0.3 is 15.8 Å². The van der Waals surface area contributed by atoms with Crippen LogP contribution in [0.25, 0.3) is 0 Å². The number of aromatic nitrogens is 2. The van der Waals surface area contributed by atoms with Gasteiger partial charge in [-0.2, -0.15) is 10.2 Å². The molecule has 2 rings (SSSR count). The average Bonchev–Trinajstić information content (AvgIpc) is 2.47. The molecule has 0 saturated heterocycles. The third kappa shape index (κ3) is 4.66. The molecular formula is C14H16N4O2. The van der Waals surface area contributed by atoms with E-state index in [4.69, 9.17) is 10.5 Å². The molecule has 0 radical (unpaired) electrons. The van der Waals surface area contributed by atoms with E-state index in [0.717, 1.165) is 11.3 Å². The Hall–Kier alpha value is -2.47. The van der Waals surface area contributed by atoms with Crippen LogP contribution in [0.2, 0.25) is 0 Å². The Bertz CT molecular complexity index is 543. The maximum absolute atomic E-state index is 10.6. The number of carbonyl (C=O) groups excluding carboxylic acids is 1. The summed E-state index contributed by atoms with van der Waals surface area (Å²) in [4.78, 5) is 10.6. The highest BCUT2D eigenvalue weighted by atomic mass is 16.5. The van der Waals surface area contributed by atoms with Crippen LogP contribution in [0.15, 0.2) is 42.6 Å². The summed E-state index contributed by atoms with van der Waals surface area (Å²) in [6.07, 6.45) is 1.65. The van der Waals surface area contributed by atoms with Crippen LogP contribution in [-0.4, -0.2) is 22.7 Å². The van der Waals surface area contributed by atoms with Gasteiger partial charge in [-0.05, 0) is 29.8 Å². The zero-order valence-electron chi connectivity index (χ0n) is 11.0. The summed E-state index contributed by atoms with van der Waals surface area (Å²) < 4.78 is 5.18. The number of carbonyl (C=O) groups is 1. The fourth-order valence-corrected chi connectivity index (χ4v) is 1.62. The number of hydrogen-bond donors (Lipinski definition) is 2. The Morgan fingerprint density at radius 3 is 2.65 bits per heavy atom. The fraction of sp³-hybridized carbons (Fsp3) is 0.214. The van der Waals surface area contributed by atoms with Gasteiger partial charge in [0.05, 0.1) is 5.69 Å². The zero-order chi connectivity index (χ0) is 14.2. The largest absolute Gasteiger partial charge is 0.484 e. The van der Waals surface area contributed by atoms with Crippen LogP contribution in [0.4, 0.5) is 0 Å². The number of nitrogens with one attached hydrogen (secondary N) is 1. The van der Waals surface area contributed by atoms with Gasteiger partial charge in [0.1, 0.15) is 5.75 Å². The number of ether oxygens (including phenoxy) is 1. The quantitative estimate of drug-likeness (QED) is 0.771. The lowest BCUT2D eigenvalue weighted by Gasteiger charge is -2.06. The van der Waals surface area contributed by atoms with Gasteiger partial charge >= 0.3 is 0 Å². The number of primary amides is 1. The minimum Gasteiger partial charge on any atom is -0.484 e. The summed E-state index contributed by atoms with van der Waals surface area (Å²) in [6.45, 7) is 1.27. The summed E-state index contributed by atoms with van der Waals surface area (Å²) in [6, 6.07) is 11.3. The summed E-state index contributed by atoms with van der Waals surface area (Å²) >= 11 is 0. The van der Waals surface area contributed by atoms with Crippen molar-refractivity contribution in [3.63, 3.8) is 0 Å². The number of hydrogen-bond acceptors (Lipinski definition) is 5. The molecule has 0 aliphatic carbocycles. The summed E-state index contributed by atoms with van der Waals surface area (Å²) in [5, 5.41) is 11.1. The molecule has 6 nitrogen and oxygen atoms in total. The fourth-order valence-electron chi connectivity index (χ4n) is 1.62. The molecule has 0 unspecified atom stereocenters. The summed E-state index contributed by atoms with van der Waals surface area (Å²) in [5.41, 5.74) is 7.01. The van der Waals surface area contributed by atoms with E-state index in [1.165, 1.54) is 0 Å². The molecule has 0 aliphatic rings. The van der Waals surface area contributed by atoms with Crippen LogP contribution in [-0.2, 0) is 17.9 Å². The Balaban J connectivity index is 1.77. The molecular weight excluding hydrogens is 256 g/mol. The average molecular weight is 272 g/mol. The first-order chi connectivity index (χ1) is 9.74. The molecule has 1 heterocycles. The Kier molecular flexibility index (Phi) is 5.02. The van der Waals surface area contributed by atoms with Gasteiger partial charge in [0, 0.05) is 19.3 Å². The van der Waals surface area contributed by atoms with E-state index in [9.17, 15) is 4.79 Å². The number of nitrogens with zero attached hydrogens (tertiary/aromatic N) is 2. The molecule has 0 aliphatic heterocycles. The van der Waals surface area contributed by atoms with Crippen LogP contribution in [0.1, 0.15) is 11.3 Å². The third-order valence-electron chi connectivity index (χ3n) is 2.57. The topological polar surface area (TPSA) is 90.1 Å². The van der Waals surface area contributed by atoms with Gasteiger partial charge in [-0.15, -0.1) is 0 Å². The molecule has 2 aromatic rings. The van der Waals surface area contributed by atoms with E-state index in [1.807, 2.05) is 36.4 Å². The Morgan fingerprint density at radius 2 is 2.00 bits per heavy atom. The number of rotatable bonds is 7. The van der Waals surface area contributed by atoms with Gasteiger partial charge in [-0.3, -0.25) is 4.79 Å². The maximum Gasteiger partial charge on any atom is 0.255 e. The second-order valence-electron chi connectivity index (χ2n) is 4.22. The van der Waals surface area contributed by atoms with Crippen molar-refractivity contribution in [1.82, 2.24) is 15.5 Å². The van der Waals surface area contributed by atoms with Crippen molar-refractivity contribution in [3.05, 3.63) is 53.9 Å². The van der Waals surface area contributed by atoms with Gasteiger partial charge in [0.15, 0.2) is 6.61 Å². The predicted octanol–water partition coefficient (Wildman–Crippen LogP) is 0.630.